The number of hydrogen-bond donors (Lipinski definition) is 2. The number of halogens is 5. The number of amides is 3. The Kier molecular flexibility index (Phi) is 7.70. The fourth-order valence-electron chi connectivity index (χ4n) is 4.09. The van der Waals surface area contributed by atoms with Crippen molar-refractivity contribution in [2.75, 3.05) is 5.32 Å². The van der Waals surface area contributed by atoms with Crippen LogP contribution in [0.2, 0.25) is 0 Å². The van der Waals surface area contributed by atoms with Crippen molar-refractivity contribution in [3.8, 4) is 11.5 Å². The first-order valence-corrected chi connectivity index (χ1v) is 12.5. The van der Waals surface area contributed by atoms with Crippen molar-refractivity contribution in [1.29, 1.82) is 0 Å². The van der Waals surface area contributed by atoms with E-state index >= 15 is 0 Å². The predicted molar refractivity (Wildman–Crippen MR) is 145 cm³/mol. The maximum absolute atomic E-state index is 14.6. The Balaban J connectivity index is 1.62. The molecule has 4 aromatic carbocycles. The molecule has 10 heteroatoms. The first-order chi connectivity index (χ1) is 18.3. The van der Waals surface area contributed by atoms with Crippen molar-refractivity contribution in [2.45, 2.75) is 31.0 Å². The van der Waals surface area contributed by atoms with Crippen LogP contribution < -0.4 is 15.4 Å². The Morgan fingerprint density at radius 3 is 2.03 bits per heavy atom. The molecule has 5 nitrogen and oxygen atoms in total. The molecule has 3 amide bonds. The minimum atomic E-state index is -3.55. The Morgan fingerprint density at radius 2 is 1.41 bits per heavy atom. The van der Waals surface area contributed by atoms with E-state index in [9.17, 15) is 27.2 Å². The van der Waals surface area contributed by atoms with Crippen LogP contribution in [0.25, 0.3) is 10.8 Å². The van der Waals surface area contributed by atoms with E-state index in [1.165, 1.54) is 12.1 Å². The van der Waals surface area contributed by atoms with Gasteiger partial charge < -0.3 is 10.1 Å². The number of ether oxygens (including phenoxy) is 1. The van der Waals surface area contributed by atoms with Crippen molar-refractivity contribution >= 4 is 44.3 Å². The molecule has 202 valence electrons. The van der Waals surface area contributed by atoms with E-state index in [0.29, 0.717) is 5.75 Å². The van der Waals surface area contributed by atoms with E-state index in [4.69, 9.17) is 4.74 Å². The minimum absolute atomic E-state index is 0.122. The molecule has 2 N–H and O–H groups in total. The number of urea groups is 1. The van der Waals surface area contributed by atoms with Crippen LogP contribution in [0.15, 0.2) is 72.8 Å². The van der Waals surface area contributed by atoms with E-state index in [1.807, 2.05) is 30.3 Å². The molecular formula is C29H23BrF4N2O3. The monoisotopic (exact) mass is 602 g/mol. The van der Waals surface area contributed by atoms with Gasteiger partial charge in [0.15, 0.2) is 0 Å². The fourth-order valence-corrected chi connectivity index (χ4v) is 4.40. The molecule has 0 aliphatic rings. The van der Waals surface area contributed by atoms with E-state index in [-0.39, 0.29) is 16.9 Å². The highest BCUT2D eigenvalue weighted by atomic mass is 79.9. The number of anilines is 1. The zero-order chi connectivity index (χ0) is 28.5. The maximum atomic E-state index is 14.6. The van der Waals surface area contributed by atoms with Crippen molar-refractivity contribution in [3.05, 3.63) is 101 Å². The number of carbonyl (C=O) groups is 2. The van der Waals surface area contributed by atoms with Crippen LogP contribution in [-0.4, -0.2) is 11.9 Å². The molecular weight excluding hydrogens is 580 g/mol. The molecule has 0 radical (unpaired) electrons. The van der Waals surface area contributed by atoms with Gasteiger partial charge in [-0.2, -0.15) is 8.78 Å². The zero-order valence-electron chi connectivity index (χ0n) is 21.0. The average Bonchev–Trinajstić information content (AvgIpc) is 2.83. The summed E-state index contributed by atoms with van der Waals surface area (Å²) in [5.74, 6) is -3.48. The van der Waals surface area contributed by atoms with Gasteiger partial charge in [0.05, 0.1) is 5.56 Å². The van der Waals surface area contributed by atoms with Crippen LogP contribution in [-0.2, 0) is 10.2 Å². The Labute approximate surface area is 230 Å². The van der Waals surface area contributed by atoms with Crippen molar-refractivity contribution in [3.63, 3.8) is 0 Å². The average molecular weight is 603 g/mol. The third kappa shape index (κ3) is 6.22. The molecule has 0 saturated heterocycles. The van der Waals surface area contributed by atoms with Crippen molar-refractivity contribution < 1.29 is 31.9 Å². The number of rotatable bonds is 5. The molecule has 39 heavy (non-hydrogen) atoms. The molecule has 4 aromatic rings. The van der Waals surface area contributed by atoms with Gasteiger partial charge in [-0.1, -0.05) is 57.2 Å². The third-order valence-corrected chi connectivity index (χ3v) is 6.30. The molecule has 0 heterocycles. The molecule has 0 aromatic heterocycles. The summed E-state index contributed by atoms with van der Waals surface area (Å²) < 4.78 is 62.7. The summed E-state index contributed by atoms with van der Waals surface area (Å²) in [5, 5.41) is 5.64. The number of fused-ring (bicyclic) bond motifs is 1. The summed E-state index contributed by atoms with van der Waals surface area (Å²) in [7, 11) is 0. The smallest absolute Gasteiger partial charge is 0.330 e. The summed E-state index contributed by atoms with van der Waals surface area (Å²) in [6.45, 7) is 6.21. The highest BCUT2D eigenvalue weighted by Crippen LogP contribution is 2.44. The molecule has 0 aliphatic heterocycles. The van der Waals surface area contributed by atoms with Crippen LogP contribution in [0.4, 0.5) is 28.0 Å². The largest absolute Gasteiger partial charge is 0.456 e. The van der Waals surface area contributed by atoms with Gasteiger partial charge >= 0.3 is 10.9 Å². The van der Waals surface area contributed by atoms with Gasteiger partial charge in [0.2, 0.25) is 0 Å². The zero-order valence-corrected chi connectivity index (χ0v) is 22.6. The quantitative estimate of drug-likeness (QED) is 0.177. The second-order valence-electron chi connectivity index (χ2n) is 9.72. The summed E-state index contributed by atoms with van der Waals surface area (Å²) >= 11 is 2.35. The summed E-state index contributed by atoms with van der Waals surface area (Å²) in [6, 6.07) is 16.2. The van der Waals surface area contributed by atoms with Crippen LogP contribution in [0.1, 0.15) is 42.3 Å². The lowest BCUT2D eigenvalue weighted by Crippen LogP contribution is -2.35. The molecule has 0 spiro atoms. The van der Waals surface area contributed by atoms with Gasteiger partial charge in [-0.15, -0.1) is 0 Å². The molecule has 0 aliphatic carbocycles. The predicted octanol–water partition coefficient (Wildman–Crippen LogP) is 8.61. The van der Waals surface area contributed by atoms with Gasteiger partial charge in [-0.05, 0) is 68.7 Å². The molecule has 0 saturated carbocycles. The first kappa shape index (κ1) is 28.1. The Morgan fingerprint density at radius 1 is 0.795 bits per heavy atom. The number of carbonyl (C=O) groups excluding carboxylic acids is 2. The lowest BCUT2D eigenvalue weighted by molar-refractivity contribution is 0.0958. The van der Waals surface area contributed by atoms with Crippen LogP contribution >= 0.6 is 15.9 Å². The highest BCUT2D eigenvalue weighted by Gasteiger charge is 2.32. The summed E-state index contributed by atoms with van der Waals surface area (Å²) in [6.07, 6.45) is 0. The van der Waals surface area contributed by atoms with Crippen LogP contribution in [0, 0.1) is 11.6 Å². The van der Waals surface area contributed by atoms with Gasteiger partial charge in [-0.25, -0.2) is 13.6 Å². The van der Waals surface area contributed by atoms with Crippen LogP contribution in [0.5, 0.6) is 11.5 Å². The fraction of sp³-hybridized carbons (Fsp3) is 0.172. The third-order valence-electron chi connectivity index (χ3n) is 5.87. The number of imide groups is 1. The van der Waals surface area contributed by atoms with E-state index < -0.39 is 39.5 Å². The van der Waals surface area contributed by atoms with Gasteiger partial charge in [0.1, 0.15) is 28.7 Å². The second-order valence-corrected chi connectivity index (χ2v) is 10.7. The molecule has 0 fully saturated rings. The molecule has 0 atom stereocenters. The highest BCUT2D eigenvalue weighted by molar-refractivity contribution is 9.09. The number of benzene rings is 4. The summed E-state index contributed by atoms with van der Waals surface area (Å²) in [4.78, 5) is 20.9. The Bertz CT molecular complexity index is 1560. The minimum Gasteiger partial charge on any atom is -0.456 e. The summed E-state index contributed by atoms with van der Waals surface area (Å²) in [5.41, 5.74) is -0.778. The topological polar surface area (TPSA) is 67.4 Å². The lowest BCUT2D eigenvalue weighted by Gasteiger charge is -2.23. The second kappa shape index (κ2) is 10.7. The molecule has 4 rings (SSSR count). The lowest BCUT2D eigenvalue weighted by atomic mass is 9.83. The standard InChI is InChI=1S/C29H23BrF4N2O3/c1-28(2,3)19-12-14-23(18-8-5-4-7-17(18)19)39-24-13-11-16(15-20(24)29(30,33)34)35-27(38)36-26(37)25-21(31)9-6-10-22(25)32/h4-15H,1-3H3,(H2,35,36,37,38). The maximum Gasteiger partial charge on any atom is 0.330 e. The van der Waals surface area contributed by atoms with Crippen LogP contribution in [0.3, 0.4) is 0 Å². The number of alkyl halides is 3. The first-order valence-electron chi connectivity index (χ1n) is 11.7. The van der Waals surface area contributed by atoms with Gasteiger partial charge in [0, 0.05) is 11.1 Å². The number of hydrogen-bond acceptors (Lipinski definition) is 3. The van der Waals surface area contributed by atoms with Crippen molar-refractivity contribution in [2.24, 2.45) is 0 Å². The molecule has 0 unspecified atom stereocenters. The molecule has 0 bridgehead atoms. The van der Waals surface area contributed by atoms with E-state index in [2.05, 4.69) is 42.0 Å². The van der Waals surface area contributed by atoms with E-state index in [0.717, 1.165) is 40.6 Å². The van der Waals surface area contributed by atoms with Gasteiger partial charge in [0.25, 0.3) is 5.91 Å². The van der Waals surface area contributed by atoms with Gasteiger partial charge in [-0.3, -0.25) is 10.1 Å². The van der Waals surface area contributed by atoms with Crippen molar-refractivity contribution in [1.82, 2.24) is 5.32 Å². The number of nitrogens with one attached hydrogen (secondary N) is 2. The SMILES string of the molecule is CC(C)(C)c1ccc(Oc2ccc(NC(=O)NC(=O)c3c(F)cccc3F)cc2C(F)(F)Br)c2ccccc12. The Hall–Kier alpha value is -3.92. The normalized spacial score (nSPS) is 11.8. The van der Waals surface area contributed by atoms with E-state index in [1.54, 1.807) is 11.4 Å².